The summed E-state index contributed by atoms with van der Waals surface area (Å²) in [6.45, 7) is 5.60. The molecule has 0 fully saturated rings. The summed E-state index contributed by atoms with van der Waals surface area (Å²) in [4.78, 5) is 15.6. The van der Waals surface area contributed by atoms with Crippen LogP contribution in [-0.2, 0) is 26.0 Å². The Morgan fingerprint density at radius 2 is 2.12 bits per heavy atom. The molecule has 0 saturated heterocycles. The van der Waals surface area contributed by atoms with Gasteiger partial charge in [-0.3, -0.25) is 9.52 Å². The lowest BCUT2D eigenvalue weighted by atomic mass is 10.1. The number of thiazole rings is 1. The van der Waals surface area contributed by atoms with E-state index in [1.165, 1.54) is 6.08 Å². The molecule has 1 N–H and O–H groups in total. The quantitative estimate of drug-likeness (QED) is 0.540. The van der Waals surface area contributed by atoms with Crippen molar-refractivity contribution in [1.82, 2.24) is 4.98 Å². The van der Waals surface area contributed by atoms with Crippen molar-refractivity contribution in [3.63, 3.8) is 0 Å². The van der Waals surface area contributed by atoms with Gasteiger partial charge in [0.2, 0.25) is 10.0 Å². The number of sulfonamides is 1. The van der Waals surface area contributed by atoms with Crippen molar-refractivity contribution < 1.29 is 17.9 Å². The van der Waals surface area contributed by atoms with Crippen molar-refractivity contribution in [3.8, 4) is 0 Å². The first-order valence-corrected chi connectivity index (χ1v) is 10.2. The molecule has 6 nitrogen and oxygen atoms in total. The number of rotatable bonds is 8. The third kappa shape index (κ3) is 5.29. The lowest BCUT2D eigenvalue weighted by molar-refractivity contribution is -0.142. The van der Waals surface area contributed by atoms with E-state index >= 15 is 0 Å². The van der Waals surface area contributed by atoms with Gasteiger partial charge in [-0.15, -0.1) is 17.9 Å². The summed E-state index contributed by atoms with van der Waals surface area (Å²) in [6.07, 6.45) is 1.33. The Kier molecular flexibility index (Phi) is 6.57. The minimum atomic E-state index is -3.80. The highest BCUT2D eigenvalue weighted by atomic mass is 35.5. The zero-order valence-electron chi connectivity index (χ0n) is 13.4. The van der Waals surface area contributed by atoms with Crippen molar-refractivity contribution >= 4 is 44.1 Å². The molecule has 25 heavy (non-hydrogen) atoms. The molecule has 0 aliphatic carbocycles. The van der Waals surface area contributed by atoms with E-state index in [1.54, 1.807) is 36.6 Å². The molecule has 0 aliphatic heterocycles. The van der Waals surface area contributed by atoms with E-state index in [0.717, 1.165) is 11.3 Å². The molecule has 1 aromatic heterocycles. The molecule has 2 rings (SSSR count). The van der Waals surface area contributed by atoms with E-state index in [-0.39, 0.29) is 18.2 Å². The maximum Gasteiger partial charge on any atom is 0.311 e. The van der Waals surface area contributed by atoms with Gasteiger partial charge in [-0.25, -0.2) is 13.4 Å². The van der Waals surface area contributed by atoms with Crippen LogP contribution in [0, 0.1) is 0 Å². The smallest absolute Gasteiger partial charge is 0.311 e. The van der Waals surface area contributed by atoms with Gasteiger partial charge < -0.3 is 4.74 Å². The molecule has 9 heteroatoms. The van der Waals surface area contributed by atoms with Gasteiger partial charge in [0.25, 0.3) is 0 Å². The van der Waals surface area contributed by atoms with Crippen LogP contribution in [0.3, 0.4) is 0 Å². The zero-order chi connectivity index (χ0) is 18.4. The fraction of sp³-hybridized carbons (Fsp3) is 0.250. The molecule has 0 spiro atoms. The number of carbonyl (C=O) groups excluding carboxylic acids is 1. The number of nitrogens with zero attached hydrogens (tertiary/aromatic N) is 1. The zero-order valence-corrected chi connectivity index (χ0v) is 15.8. The summed E-state index contributed by atoms with van der Waals surface area (Å²) in [5.41, 5.74) is 0.984. The van der Waals surface area contributed by atoms with Crippen LogP contribution in [0.1, 0.15) is 23.4 Å². The average molecular weight is 401 g/mol. The topological polar surface area (TPSA) is 85.4 Å². The molecule has 1 unspecified atom stereocenters. The molecule has 1 heterocycles. The van der Waals surface area contributed by atoms with Crippen LogP contribution in [-0.4, -0.2) is 26.0 Å². The second-order valence-corrected chi connectivity index (χ2v) is 8.08. The van der Waals surface area contributed by atoms with Crippen LogP contribution < -0.4 is 4.72 Å². The van der Waals surface area contributed by atoms with Gasteiger partial charge in [-0.1, -0.05) is 29.8 Å². The number of nitrogens with one attached hydrogen (secondary N) is 1. The molecular weight excluding hydrogens is 384 g/mol. The van der Waals surface area contributed by atoms with Crippen LogP contribution in [0.15, 0.2) is 42.3 Å². The van der Waals surface area contributed by atoms with Crippen LogP contribution in [0.5, 0.6) is 0 Å². The van der Waals surface area contributed by atoms with E-state index in [9.17, 15) is 13.2 Å². The van der Waals surface area contributed by atoms with Crippen molar-refractivity contribution in [2.45, 2.75) is 18.6 Å². The van der Waals surface area contributed by atoms with Crippen molar-refractivity contribution in [1.29, 1.82) is 0 Å². The minimum Gasteiger partial charge on any atom is -0.466 e. The second-order valence-electron chi connectivity index (χ2n) is 4.98. The van der Waals surface area contributed by atoms with E-state index in [0.29, 0.717) is 16.3 Å². The number of esters is 1. The number of ether oxygens (including phenoxy) is 1. The summed E-state index contributed by atoms with van der Waals surface area (Å²) in [6, 6.07) is 6.48. The largest absolute Gasteiger partial charge is 0.466 e. The van der Waals surface area contributed by atoms with E-state index in [2.05, 4.69) is 16.3 Å². The standard InChI is InChI=1S/C16H17ClN2O4S2/c1-3-14(11-5-7-12(17)8-6-11)25(21,22)19-16-18-13(10-24-16)9-15(20)23-4-2/h3,5-8,10,14H,1,4,9H2,2H3,(H,18,19). The summed E-state index contributed by atoms with van der Waals surface area (Å²) in [5.74, 6) is -0.410. The molecule has 0 radical (unpaired) electrons. The maximum atomic E-state index is 12.6. The number of hydrogen-bond acceptors (Lipinski definition) is 6. The minimum absolute atomic E-state index is 0.00581. The third-order valence-corrected chi connectivity index (χ3v) is 5.96. The number of benzene rings is 1. The van der Waals surface area contributed by atoms with E-state index in [4.69, 9.17) is 16.3 Å². The van der Waals surface area contributed by atoms with Crippen LogP contribution >= 0.6 is 22.9 Å². The Balaban J connectivity index is 2.14. The van der Waals surface area contributed by atoms with Gasteiger partial charge in [0.15, 0.2) is 5.13 Å². The molecule has 0 amide bonds. The van der Waals surface area contributed by atoms with E-state index in [1.807, 2.05) is 0 Å². The first kappa shape index (κ1) is 19.4. The molecule has 1 aromatic carbocycles. The Morgan fingerprint density at radius 3 is 2.72 bits per heavy atom. The molecule has 0 saturated carbocycles. The predicted octanol–water partition coefficient (Wildman–Crippen LogP) is 3.57. The Hall–Kier alpha value is -1.90. The fourth-order valence-electron chi connectivity index (χ4n) is 2.07. The first-order chi connectivity index (χ1) is 11.9. The number of halogens is 1. The molecular formula is C16H17ClN2O4S2. The number of hydrogen-bond donors (Lipinski definition) is 1. The lowest BCUT2D eigenvalue weighted by Crippen LogP contribution is -2.20. The lowest BCUT2D eigenvalue weighted by Gasteiger charge is -2.14. The molecule has 2 aromatic rings. The molecule has 0 bridgehead atoms. The van der Waals surface area contributed by atoms with Gasteiger partial charge in [-0.05, 0) is 24.6 Å². The van der Waals surface area contributed by atoms with E-state index < -0.39 is 21.2 Å². The predicted molar refractivity (Wildman–Crippen MR) is 99.4 cm³/mol. The van der Waals surface area contributed by atoms with Gasteiger partial charge in [0, 0.05) is 10.4 Å². The number of anilines is 1. The third-order valence-electron chi connectivity index (χ3n) is 3.16. The highest BCUT2D eigenvalue weighted by molar-refractivity contribution is 7.93. The number of aromatic nitrogens is 1. The average Bonchev–Trinajstić information content (AvgIpc) is 2.96. The Bertz CT molecular complexity index is 847. The van der Waals surface area contributed by atoms with Crippen molar-refractivity contribution in [3.05, 3.63) is 58.6 Å². The Morgan fingerprint density at radius 1 is 1.44 bits per heavy atom. The normalized spacial score (nSPS) is 12.4. The van der Waals surface area contributed by atoms with Gasteiger partial charge in [0.05, 0.1) is 18.7 Å². The molecule has 134 valence electrons. The summed E-state index contributed by atoms with van der Waals surface area (Å²) < 4.78 is 32.5. The molecule has 0 aliphatic rings. The monoisotopic (exact) mass is 400 g/mol. The maximum absolute atomic E-state index is 12.6. The highest BCUT2D eigenvalue weighted by Gasteiger charge is 2.25. The summed E-state index contributed by atoms with van der Waals surface area (Å²) in [5, 5.41) is 1.35. The first-order valence-electron chi connectivity index (χ1n) is 7.35. The van der Waals surface area contributed by atoms with Gasteiger partial charge in [-0.2, -0.15) is 0 Å². The highest BCUT2D eigenvalue weighted by Crippen LogP contribution is 2.28. The van der Waals surface area contributed by atoms with Gasteiger partial charge >= 0.3 is 5.97 Å². The van der Waals surface area contributed by atoms with Crippen LogP contribution in [0.4, 0.5) is 5.13 Å². The summed E-state index contributed by atoms with van der Waals surface area (Å²) in [7, 11) is -3.80. The van der Waals surface area contributed by atoms with Crippen molar-refractivity contribution in [2.75, 3.05) is 11.3 Å². The van der Waals surface area contributed by atoms with Crippen molar-refractivity contribution in [2.24, 2.45) is 0 Å². The van der Waals surface area contributed by atoms with Gasteiger partial charge in [0.1, 0.15) is 5.25 Å². The summed E-state index contributed by atoms with van der Waals surface area (Å²) >= 11 is 6.93. The number of carbonyl (C=O) groups is 1. The SMILES string of the molecule is C=CC(c1ccc(Cl)cc1)S(=O)(=O)Nc1nc(CC(=O)OCC)cs1. The fourth-order valence-corrected chi connectivity index (χ4v) is 4.48. The Labute approximate surface area is 155 Å². The van der Waals surface area contributed by atoms with Crippen LogP contribution in [0.25, 0.3) is 0 Å². The van der Waals surface area contributed by atoms with Crippen LogP contribution in [0.2, 0.25) is 5.02 Å². The molecule has 1 atom stereocenters. The second kappa shape index (κ2) is 8.46.